The van der Waals surface area contributed by atoms with Crippen LogP contribution in [0.4, 0.5) is 4.39 Å². The lowest BCUT2D eigenvalue weighted by molar-refractivity contribution is 0.181. The van der Waals surface area contributed by atoms with Crippen molar-refractivity contribution >= 4 is 10.0 Å². The van der Waals surface area contributed by atoms with Crippen molar-refractivity contribution < 1.29 is 12.8 Å². The highest BCUT2D eigenvalue weighted by Gasteiger charge is 2.33. The van der Waals surface area contributed by atoms with E-state index in [0.717, 1.165) is 5.56 Å². The summed E-state index contributed by atoms with van der Waals surface area (Å²) in [5.74, 6) is -0.248. The van der Waals surface area contributed by atoms with Gasteiger partial charge in [0.2, 0.25) is 10.0 Å². The molecule has 1 aromatic heterocycles. The van der Waals surface area contributed by atoms with Crippen LogP contribution in [0.1, 0.15) is 23.9 Å². The maximum absolute atomic E-state index is 13.3. The van der Waals surface area contributed by atoms with Gasteiger partial charge in [-0.2, -0.15) is 9.40 Å². The maximum atomic E-state index is 13.3. The largest absolute Gasteiger partial charge is 0.296 e. The van der Waals surface area contributed by atoms with Gasteiger partial charge in [0.15, 0.2) is 0 Å². The van der Waals surface area contributed by atoms with Crippen molar-refractivity contribution in [1.29, 1.82) is 0 Å². The lowest BCUT2D eigenvalue weighted by Gasteiger charge is -2.34. The number of hydrogen-bond donors (Lipinski definition) is 0. The van der Waals surface area contributed by atoms with Crippen molar-refractivity contribution in [2.75, 3.05) is 26.2 Å². The number of hydrogen-bond acceptors (Lipinski definition) is 4. The van der Waals surface area contributed by atoms with E-state index in [-0.39, 0.29) is 5.82 Å². The molecule has 26 heavy (non-hydrogen) atoms. The van der Waals surface area contributed by atoms with Gasteiger partial charge in [-0.05, 0) is 38.5 Å². The second-order valence-corrected chi connectivity index (χ2v) is 8.50. The predicted octanol–water partition coefficient (Wildman–Crippen LogP) is 2.17. The summed E-state index contributed by atoms with van der Waals surface area (Å²) in [7, 11) is -3.55. The molecule has 0 atom stereocenters. The van der Waals surface area contributed by atoms with Crippen LogP contribution < -0.4 is 0 Å². The van der Waals surface area contributed by atoms with Crippen LogP contribution in [0.2, 0.25) is 0 Å². The SMILES string of the molecule is CCn1nc(C)c(S(=O)(=O)N2CCN(Cc3cccc(F)c3)CC2)c1C. The number of aryl methyl sites for hydroxylation is 2. The molecular formula is C18H25FN4O2S. The topological polar surface area (TPSA) is 58.4 Å². The van der Waals surface area contributed by atoms with Crippen LogP contribution in [0.3, 0.4) is 0 Å². The molecular weight excluding hydrogens is 355 g/mol. The van der Waals surface area contributed by atoms with E-state index >= 15 is 0 Å². The molecule has 0 bridgehead atoms. The molecule has 0 N–H and O–H groups in total. The van der Waals surface area contributed by atoms with Gasteiger partial charge in [-0.3, -0.25) is 9.58 Å². The molecule has 1 saturated heterocycles. The van der Waals surface area contributed by atoms with E-state index in [0.29, 0.717) is 55.6 Å². The molecule has 1 aromatic carbocycles. The van der Waals surface area contributed by atoms with E-state index in [4.69, 9.17) is 0 Å². The quantitative estimate of drug-likeness (QED) is 0.798. The number of piperazine rings is 1. The lowest BCUT2D eigenvalue weighted by atomic mass is 10.2. The van der Waals surface area contributed by atoms with E-state index in [1.807, 2.05) is 13.0 Å². The van der Waals surface area contributed by atoms with Crippen LogP contribution in [0.15, 0.2) is 29.2 Å². The van der Waals surface area contributed by atoms with Crippen molar-refractivity contribution in [2.24, 2.45) is 0 Å². The fourth-order valence-electron chi connectivity index (χ4n) is 3.51. The summed E-state index contributed by atoms with van der Waals surface area (Å²) < 4.78 is 42.7. The summed E-state index contributed by atoms with van der Waals surface area (Å²) in [6, 6.07) is 6.53. The molecule has 0 spiro atoms. The molecule has 8 heteroatoms. The molecule has 3 rings (SSSR count). The van der Waals surface area contributed by atoms with E-state index in [1.165, 1.54) is 16.4 Å². The highest BCUT2D eigenvalue weighted by atomic mass is 32.2. The Morgan fingerprint density at radius 1 is 1.15 bits per heavy atom. The Morgan fingerprint density at radius 3 is 2.42 bits per heavy atom. The number of benzene rings is 1. The number of aromatic nitrogens is 2. The Labute approximate surface area is 154 Å². The molecule has 2 heterocycles. The van der Waals surface area contributed by atoms with Crippen LogP contribution in [0.5, 0.6) is 0 Å². The third-order valence-electron chi connectivity index (χ3n) is 4.84. The van der Waals surface area contributed by atoms with Gasteiger partial charge in [-0.25, -0.2) is 12.8 Å². The fraction of sp³-hybridized carbons (Fsp3) is 0.500. The average molecular weight is 380 g/mol. The number of halogens is 1. The minimum absolute atomic E-state index is 0.248. The Balaban J connectivity index is 1.70. The number of rotatable bonds is 5. The van der Waals surface area contributed by atoms with Gasteiger partial charge in [0, 0.05) is 39.3 Å². The second kappa shape index (κ2) is 7.46. The Morgan fingerprint density at radius 2 is 1.85 bits per heavy atom. The van der Waals surface area contributed by atoms with E-state index in [2.05, 4.69) is 10.00 Å². The molecule has 0 radical (unpaired) electrons. The fourth-order valence-corrected chi connectivity index (χ4v) is 5.31. The average Bonchev–Trinajstić information content (AvgIpc) is 2.89. The molecule has 1 fully saturated rings. The van der Waals surface area contributed by atoms with Gasteiger partial charge < -0.3 is 0 Å². The van der Waals surface area contributed by atoms with Crippen LogP contribution in [0.25, 0.3) is 0 Å². The van der Waals surface area contributed by atoms with E-state index in [1.54, 1.807) is 24.6 Å². The summed E-state index contributed by atoms with van der Waals surface area (Å²) >= 11 is 0. The normalized spacial score (nSPS) is 16.9. The molecule has 6 nitrogen and oxygen atoms in total. The lowest BCUT2D eigenvalue weighted by Crippen LogP contribution is -2.48. The van der Waals surface area contributed by atoms with Gasteiger partial charge >= 0.3 is 0 Å². The molecule has 0 aliphatic carbocycles. The van der Waals surface area contributed by atoms with Crippen LogP contribution in [-0.4, -0.2) is 53.6 Å². The maximum Gasteiger partial charge on any atom is 0.246 e. The minimum atomic E-state index is -3.55. The summed E-state index contributed by atoms with van der Waals surface area (Å²) in [5, 5.41) is 4.33. The van der Waals surface area contributed by atoms with Crippen molar-refractivity contribution in [1.82, 2.24) is 19.0 Å². The third-order valence-corrected chi connectivity index (χ3v) is 6.99. The smallest absolute Gasteiger partial charge is 0.246 e. The zero-order valence-electron chi connectivity index (χ0n) is 15.4. The predicted molar refractivity (Wildman–Crippen MR) is 97.8 cm³/mol. The van der Waals surface area contributed by atoms with Gasteiger partial charge in [-0.15, -0.1) is 0 Å². The number of sulfonamides is 1. The first-order valence-electron chi connectivity index (χ1n) is 8.84. The van der Waals surface area contributed by atoms with E-state index < -0.39 is 10.0 Å². The van der Waals surface area contributed by atoms with Crippen LogP contribution >= 0.6 is 0 Å². The number of nitrogens with zero attached hydrogens (tertiary/aromatic N) is 4. The molecule has 2 aromatic rings. The van der Waals surface area contributed by atoms with Crippen molar-refractivity contribution in [3.05, 3.63) is 47.0 Å². The van der Waals surface area contributed by atoms with Crippen molar-refractivity contribution in [3.63, 3.8) is 0 Å². The zero-order valence-corrected chi connectivity index (χ0v) is 16.3. The van der Waals surface area contributed by atoms with Gasteiger partial charge in [0.25, 0.3) is 0 Å². The van der Waals surface area contributed by atoms with E-state index in [9.17, 15) is 12.8 Å². The summed E-state index contributed by atoms with van der Waals surface area (Å²) in [4.78, 5) is 2.48. The first kappa shape index (κ1) is 19.0. The Kier molecular flexibility index (Phi) is 5.45. The highest BCUT2D eigenvalue weighted by molar-refractivity contribution is 7.89. The van der Waals surface area contributed by atoms with Gasteiger partial charge in [0.05, 0.1) is 11.4 Å². The first-order valence-corrected chi connectivity index (χ1v) is 10.3. The standard InChI is InChI=1S/C18H25FN4O2S/c1-4-23-15(3)18(14(2)20-23)26(24,25)22-10-8-21(9-11-22)13-16-6-5-7-17(19)12-16/h5-7,12H,4,8-11,13H2,1-3H3. The molecule has 0 saturated carbocycles. The molecule has 0 amide bonds. The first-order chi connectivity index (χ1) is 12.3. The summed E-state index contributed by atoms with van der Waals surface area (Å²) in [6.07, 6.45) is 0. The monoisotopic (exact) mass is 380 g/mol. The van der Waals surface area contributed by atoms with Crippen molar-refractivity contribution in [2.45, 2.75) is 38.8 Å². The van der Waals surface area contributed by atoms with Crippen LogP contribution in [0, 0.1) is 19.7 Å². The minimum Gasteiger partial charge on any atom is -0.296 e. The van der Waals surface area contributed by atoms with Gasteiger partial charge in [0.1, 0.15) is 10.7 Å². The molecule has 0 unspecified atom stereocenters. The molecule has 142 valence electrons. The second-order valence-electron chi connectivity index (χ2n) is 6.63. The summed E-state index contributed by atoms with van der Waals surface area (Å²) in [5.41, 5.74) is 2.14. The zero-order chi connectivity index (χ0) is 18.9. The molecule has 1 aliphatic rings. The van der Waals surface area contributed by atoms with Crippen molar-refractivity contribution in [3.8, 4) is 0 Å². The Hall–Kier alpha value is -1.77. The van der Waals surface area contributed by atoms with Crippen LogP contribution in [-0.2, 0) is 23.1 Å². The van der Waals surface area contributed by atoms with Gasteiger partial charge in [-0.1, -0.05) is 12.1 Å². The third kappa shape index (κ3) is 3.67. The highest BCUT2D eigenvalue weighted by Crippen LogP contribution is 2.24. The summed E-state index contributed by atoms with van der Waals surface area (Å²) in [6.45, 7) is 8.85. The Bertz CT molecular complexity index is 887. The molecule has 1 aliphatic heterocycles.